The highest BCUT2D eigenvalue weighted by molar-refractivity contribution is 9.10. The number of pyridine rings is 1. The van der Waals surface area contributed by atoms with Crippen LogP contribution >= 0.6 is 15.9 Å². The number of ether oxygens (including phenoxy) is 1. The van der Waals surface area contributed by atoms with Gasteiger partial charge in [-0.15, -0.1) is 0 Å². The molecule has 104 valence electrons. The molecule has 2 aromatic rings. The number of nitrogens with two attached hydrogens (primary N) is 1. The summed E-state index contributed by atoms with van der Waals surface area (Å²) >= 11 is 3.30. The predicted octanol–water partition coefficient (Wildman–Crippen LogP) is 3.10. The zero-order valence-electron chi connectivity index (χ0n) is 10.9. The Morgan fingerprint density at radius 1 is 1.30 bits per heavy atom. The molecule has 0 aliphatic heterocycles. The molecule has 1 aromatic heterocycles. The summed E-state index contributed by atoms with van der Waals surface area (Å²) in [5.74, 6) is -0.239. The fourth-order valence-corrected chi connectivity index (χ4v) is 1.95. The van der Waals surface area contributed by atoms with Crippen molar-refractivity contribution in [3.8, 4) is 0 Å². The molecule has 20 heavy (non-hydrogen) atoms. The van der Waals surface area contributed by atoms with Crippen LogP contribution in [0.5, 0.6) is 0 Å². The summed E-state index contributed by atoms with van der Waals surface area (Å²) in [6, 6.07) is 11.2. The Kier molecular flexibility index (Phi) is 5.12. The van der Waals surface area contributed by atoms with Crippen molar-refractivity contribution >= 4 is 27.6 Å². The van der Waals surface area contributed by atoms with Crippen molar-refractivity contribution in [1.82, 2.24) is 4.98 Å². The maximum atomic E-state index is 11.7. The first kappa shape index (κ1) is 14.5. The van der Waals surface area contributed by atoms with Crippen molar-refractivity contribution in [3.63, 3.8) is 0 Å². The summed E-state index contributed by atoms with van der Waals surface area (Å²) in [4.78, 5) is 15.8. The van der Waals surface area contributed by atoms with Crippen molar-refractivity contribution in [3.05, 3.63) is 58.3 Å². The summed E-state index contributed by atoms with van der Waals surface area (Å²) in [6.07, 6.45) is 2.63. The van der Waals surface area contributed by atoms with Crippen molar-refractivity contribution < 1.29 is 9.53 Å². The van der Waals surface area contributed by atoms with Gasteiger partial charge < -0.3 is 10.5 Å². The van der Waals surface area contributed by atoms with Crippen LogP contribution in [0.3, 0.4) is 0 Å². The second-order valence-electron chi connectivity index (χ2n) is 4.37. The van der Waals surface area contributed by atoms with Gasteiger partial charge in [0.1, 0.15) is 6.61 Å². The van der Waals surface area contributed by atoms with Crippen molar-refractivity contribution in [1.29, 1.82) is 0 Å². The third-order valence-electron chi connectivity index (χ3n) is 2.74. The quantitative estimate of drug-likeness (QED) is 0.674. The van der Waals surface area contributed by atoms with Crippen LogP contribution in [0.15, 0.2) is 47.1 Å². The highest BCUT2D eigenvalue weighted by Gasteiger charge is 2.05. The summed E-state index contributed by atoms with van der Waals surface area (Å²) in [5.41, 5.74) is 8.15. The summed E-state index contributed by atoms with van der Waals surface area (Å²) in [7, 11) is 0. The Morgan fingerprint density at radius 2 is 2.15 bits per heavy atom. The van der Waals surface area contributed by atoms with Crippen LogP contribution in [0.2, 0.25) is 0 Å². The number of hydrogen-bond donors (Lipinski definition) is 1. The molecule has 0 unspecified atom stereocenters. The summed E-state index contributed by atoms with van der Waals surface area (Å²) < 4.78 is 6.07. The molecule has 0 spiro atoms. The van der Waals surface area contributed by atoms with Crippen LogP contribution in [0.1, 0.15) is 17.7 Å². The Bertz CT molecular complexity index is 585. The molecule has 5 heteroatoms. The molecule has 0 aliphatic rings. The Hall–Kier alpha value is -1.88. The third kappa shape index (κ3) is 4.66. The molecule has 0 atom stereocenters. The van der Waals surface area contributed by atoms with Gasteiger partial charge in [0, 0.05) is 22.8 Å². The first-order valence-corrected chi connectivity index (χ1v) is 7.03. The van der Waals surface area contributed by atoms with Gasteiger partial charge in [-0.3, -0.25) is 9.78 Å². The maximum Gasteiger partial charge on any atom is 0.306 e. The van der Waals surface area contributed by atoms with E-state index in [-0.39, 0.29) is 12.6 Å². The number of aryl methyl sites for hydroxylation is 1. The molecule has 4 nitrogen and oxygen atoms in total. The number of rotatable bonds is 5. The molecule has 0 saturated carbocycles. The molecular formula is C15H15BrN2O2. The number of benzene rings is 1. The summed E-state index contributed by atoms with van der Waals surface area (Å²) in [6.45, 7) is 0.197. The number of anilines is 1. The first-order chi connectivity index (χ1) is 9.63. The zero-order chi connectivity index (χ0) is 14.4. The van der Waals surface area contributed by atoms with Crippen LogP contribution in [0.4, 0.5) is 5.69 Å². The molecule has 1 aromatic carbocycles. The molecule has 1 heterocycles. The summed E-state index contributed by atoms with van der Waals surface area (Å²) in [5, 5.41) is 0. The van der Waals surface area contributed by atoms with Gasteiger partial charge in [0.15, 0.2) is 0 Å². The van der Waals surface area contributed by atoms with Crippen molar-refractivity contribution in [2.75, 3.05) is 5.73 Å². The topological polar surface area (TPSA) is 65.2 Å². The highest BCUT2D eigenvalue weighted by Crippen LogP contribution is 2.10. The average molecular weight is 335 g/mol. The minimum atomic E-state index is -0.239. The van der Waals surface area contributed by atoms with E-state index in [0.717, 1.165) is 15.7 Å². The first-order valence-electron chi connectivity index (χ1n) is 6.24. The van der Waals surface area contributed by atoms with Gasteiger partial charge in [-0.1, -0.05) is 12.1 Å². The van der Waals surface area contributed by atoms with Gasteiger partial charge in [-0.05, 0) is 52.2 Å². The van der Waals surface area contributed by atoms with E-state index in [1.165, 1.54) is 0 Å². The van der Waals surface area contributed by atoms with E-state index in [0.29, 0.717) is 18.5 Å². The molecule has 0 fully saturated rings. The maximum absolute atomic E-state index is 11.7. The SMILES string of the molecule is Nc1cccc(CCC(=O)OCc2ccc(Br)cn2)c1. The molecule has 0 aliphatic carbocycles. The lowest BCUT2D eigenvalue weighted by atomic mass is 10.1. The van der Waals surface area contributed by atoms with E-state index >= 15 is 0 Å². The number of carbonyl (C=O) groups is 1. The zero-order valence-corrected chi connectivity index (χ0v) is 12.5. The van der Waals surface area contributed by atoms with E-state index in [2.05, 4.69) is 20.9 Å². The number of nitrogen functional groups attached to an aromatic ring is 1. The molecule has 0 amide bonds. The predicted molar refractivity (Wildman–Crippen MR) is 80.9 cm³/mol. The standard InChI is InChI=1S/C15H15BrN2O2/c16-12-5-6-14(18-9-12)10-20-15(19)7-4-11-2-1-3-13(17)8-11/h1-3,5-6,8-9H,4,7,10,17H2. The molecule has 0 bridgehead atoms. The molecule has 2 rings (SSSR count). The Morgan fingerprint density at radius 3 is 2.85 bits per heavy atom. The van der Waals surface area contributed by atoms with Crippen LogP contribution in [-0.2, 0) is 22.6 Å². The lowest BCUT2D eigenvalue weighted by Gasteiger charge is -2.05. The van der Waals surface area contributed by atoms with Crippen LogP contribution in [0, 0.1) is 0 Å². The van der Waals surface area contributed by atoms with Crippen LogP contribution in [-0.4, -0.2) is 11.0 Å². The third-order valence-corrected chi connectivity index (χ3v) is 3.21. The second-order valence-corrected chi connectivity index (χ2v) is 5.29. The van der Waals surface area contributed by atoms with E-state index < -0.39 is 0 Å². The number of halogens is 1. The largest absolute Gasteiger partial charge is 0.459 e. The number of carbonyl (C=O) groups excluding carboxylic acids is 1. The van der Waals surface area contributed by atoms with Gasteiger partial charge in [-0.2, -0.15) is 0 Å². The van der Waals surface area contributed by atoms with Crippen molar-refractivity contribution in [2.45, 2.75) is 19.4 Å². The minimum Gasteiger partial charge on any atom is -0.459 e. The van der Waals surface area contributed by atoms with Gasteiger partial charge in [0.25, 0.3) is 0 Å². The number of esters is 1. The highest BCUT2D eigenvalue weighted by atomic mass is 79.9. The lowest BCUT2D eigenvalue weighted by molar-refractivity contribution is -0.145. The average Bonchev–Trinajstić information content (AvgIpc) is 2.45. The van der Waals surface area contributed by atoms with E-state index in [1.54, 1.807) is 6.20 Å². The second kappa shape index (κ2) is 7.05. The van der Waals surface area contributed by atoms with Gasteiger partial charge in [0.05, 0.1) is 5.69 Å². The van der Waals surface area contributed by atoms with Gasteiger partial charge in [0.2, 0.25) is 0 Å². The molecular weight excluding hydrogens is 320 g/mol. The van der Waals surface area contributed by atoms with Crippen LogP contribution in [0.25, 0.3) is 0 Å². The van der Waals surface area contributed by atoms with E-state index in [4.69, 9.17) is 10.5 Å². The number of hydrogen-bond acceptors (Lipinski definition) is 4. The van der Waals surface area contributed by atoms with Gasteiger partial charge in [-0.25, -0.2) is 0 Å². The fraction of sp³-hybridized carbons (Fsp3) is 0.200. The van der Waals surface area contributed by atoms with Crippen LogP contribution < -0.4 is 5.73 Å². The lowest BCUT2D eigenvalue weighted by Crippen LogP contribution is -2.06. The molecule has 0 saturated heterocycles. The van der Waals surface area contributed by atoms with E-state index in [1.807, 2.05) is 36.4 Å². The van der Waals surface area contributed by atoms with Gasteiger partial charge >= 0.3 is 5.97 Å². The Balaban J connectivity index is 1.77. The van der Waals surface area contributed by atoms with Crippen molar-refractivity contribution in [2.24, 2.45) is 0 Å². The number of nitrogens with zero attached hydrogens (tertiary/aromatic N) is 1. The van der Waals surface area contributed by atoms with E-state index in [9.17, 15) is 4.79 Å². The monoisotopic (exact) mass is 334 g/mol. The Labute approximate surface area is 126 Å². The minimum absolute atomic E-state index is 0.197. The smallest absolute Gasteiger partial charge is 0.306 e. The number of aromatic nitrogens is 1. The molecule has 2 N–H and O–H groups in total. The molecule has 0 radical (unpaired) electrons. The fourth-order valence-electron chi connectivity index (χ4n) is 1.71. The normalized spacial score (nSPS) is 10.2.